The van der Waals surface area contributed by atoms with Gasteiger partial charge in [-0.1, -0.05) is 6.07 Å². The van der Waals surface area contributed by atoms with Crippen molar-refractivity contribution in [1.29, 1.82) is 0 Å². The summed E-state index contributed by atoms with van der Waals surface area (Å²) in [5, 5.41) is 18.3. The van der Waals surface area contributed by atoms with E-state index >= 15 is 0 Å². The van der Waals surface area contributed by atoms with Crippen molar-refractivity contribution in [2.45, 2.75) is 20.4 Å². The number of aryl methyl sites for hydroxylation is 2. The third-order valence-electron chi connectivity index (χ3n) is 3.31. The van der Waals surface area contributed by atoms with Crippen LogP contribution in [-0.4, -0.2) is 25.0 Å². The molecule has 2 N–H and O–H groups in total. The van der Waals surface area contributed by atoms with Gasteiger partial charge in [0.05, 0.1) is 11.4 Å². The highest BCUT2D eigenvalue weighted by Gasteiger charge is 2.06. The molecule has 0 aliphatic heterocycles. The maximum absolute atomic E-state index is 4.20. The minimum atomic E-state index is 0.750. The third kappa shape index (κ3) is 2.40. The van der Waals surface area contributed by atoms with Crippen molar-refractivity contribution < 1.29 is 0 Å². The second-order valence-electron chi connectivity index (χ2n) is 4.69. The first-order valence-electron chi connectivity index (χ1n) is 6.43. The highest BCUT2D eigenvalue weighted by molar-refractivity contribution is 5.51. The summed E-state index contributed by atoms with van der Waals surface area (Å²) in [7, 11) is 0. The predicted molar refractivity (Wildman–Crippen MR) is 76.7 cm³/mol. The molecule has 0 radical (unpaired) electrons. The summed E-state index contributed by atoms with van der Waals surface area (Å²) in [6.07, 6.45) is 3.37. The summed E-state index contributed by atoms with van der Waals surface area (Å²) in [5.41, 5.74) is 5.42. The van der Waals surface area contributed by atoms with Gasteiger partial charge in [-0.3, -0.25) is 9.67 Å². The monoisotopic (exact) mass is 268 g/mol. The Morgan fingerprint density at radius 2 is 2.00 bits per heavy atom. The van der Waals surface area contributed by atoms with Gasteiger partial charge in [-0.15, -0.1) is 10.2 Å². The van der Waals surface area contributed by atoms with Crippen LogP contribution in [0.2, 0.25) is 0 Å². The Morgan fingerprint density at radius 3 is 2.70 bits per heavy atom. The van der Waals surface area contributed by atoms with Gasteiger partial charge in [-0.05, 0) is 32.0 Å². The number of anilines is 1. The van der Waals surface area contributed by atoms with Crippen LogP contribution in [0.15, 0.2) is 36.9 Å². The van der Waals surface area contributed by atoms with Crippen LogP contribution in [0, 0.1) is 13.8 Å². The standard InChI is InChI=1S/C14H16N6/c1-10-14(11(2)19-18-10)7-15-12-4-3-5-13(6-12)20-8-16-17-9-20/h3-6,8-9,15H,7H2,1-2H3,(H,18,19). The van der Waals surface area contributed by atoms with Crippen molar-refractivity contribution in [1.82, 2.24) is 25.0 Å². The fourth-order valence-electron chi connectivity index (χ4n) is 2.14. The van der Waals surface area contributed by atoms with Crippen LogP contribution in [-0.2, 0) is 6.54 Å². The van der Waals surface area contributed by atoms with Crippen molar-refractivity contribution in [3.05, 3.63) is 53.9 Å². The van der Waals surface area contributed by atoms with Gasteiger partial charge in [0.1, 0.15) is 12.7 Å². The molecular formula is C14H16N6. The number of aromatic amines is 1. The Labute approximate surface area is 116 Å². The Morgan fingerprint density at radius 1 is 1.20 bits per heavy atom. The zero-order valence-corrected chi connectivity index (χ0v) is 11.5. The molecule has 0 amide bonds. The van der Waals surface area contributed by atoms with Crippen molar-refractivity contribution in [2.75, 3.05) is 5.32 Å². The molecule has 3 aromatic rings. The highest BCUT2D eigenvalue weighted by atomic mass is 15.2. The Bertz CT molecular complexity index is 679. The molecule has 2 heterocycles. The van der Waals surface area contributed by atoms with Crippen molar-refractivity contribution in [2.24, 2.45) is 0 Å². The Hall–Kier alpha value is -2.63. The Kier molecular flexibility index (Phi) is 3.20. The predicted octanol–water partition coefficient (Wildman–Crippen LogP) is 2.22. The minimum absolute atomic E-state index is 0.750. The number of hydrogen-bond donors (Lipinski definition) is 2. The second-order valence-corrected chi connectivity index (χ2v) is 4.69. The summed E-state index contributed by atoms with van der Waals surface area (Å²) in [4.78, 5) is 0. The molecule has 0 saturated carbocycles. The molecule has 0 aliphatic carbocycles. The summed E-state index contributed by atoms with van der Waals surface area (Å²) in [6, 6.07) is 8.13. The molecule has 0 spiro atoms. The van der Waals surface area contributed by atoms with Gasteiger partial charge in [0.15, 0.2) is 0 Å². The van der Waals surface area contributed by atoms with E-state index in [1.165, 1.54) is 5.56 Å². The van der Waals surface area contributed by atoms with Gasteiger partial charge in [-0.2, -0.15) is 5.10 Å². The van der Waals surface area contributed by atoms with Gasteiger partial charge in [-0.25, -0.2) is 0 Å². The zero-order chi connectivity index (χ0) is 13.9. The van der Waals surface area contributed by atoms with Gasteiger partial charge in [0, 0.05) is 23.5 Å². The first-order chi connectivity index (χ1) is 9.74. The van der Waals surface area contributed by atoms with Crippen LogP contribution < -0.4 is 5.32 Å². The van der Waals surface area contributed by atoms with Crippen LogP contribution in [0.25, 0.3) is 5.69 Å². The summed E-state index contributed by atoms with van der Waals surface area (Å²) >= 11 is 0. The number of rotatable bonds is 4. The average Bonchev–Trinajstić information content (AvgIpc) is 3.09. The van der Waals surface area contributed by atoms with E-state index in [0.29, 0.717) is 0 Å². The lowest BCUT2D eigenvalue weighted by atomic mass is 10.2. The van der Waals surface area contributed by atoms with E-state index < -0.39 is 0 Å². The van der Waals surface area contributed by atoms with E-state index in [2.05, 4.69) is 31.8 Å². The van der Waals surface area contributed by atoms with E-state index in [9.17, 15) is 0 Å². The molecule has 0 aliphatic rings. The van der Waals surface area contributed by atoms with Crippen LogP contribution in [0.4, 0.5) is 5.69 Å². The molecule has 2 aromatic heterocycles. The van der Waals surface area contributed by atoms with Gasteiger partial charge < -0.3 is 5.32 Å². The first kappa shape index (κ1) is 12.4. The number of aromatic nitrogens is 5. The van der Waals surface area contributed by atoms with Gasteiger partial charge in [0.2, 0.25) is 0 Å². The van der Waals surface area contributed by atoms with Gasteiger partial charge >= 0.3 is 0 Å². The molecule has 0 fully saturated rings. The topological polar surface area (TPSA) is 71.4 Å². The molecule has 0 bridgehead atoms. The number of H-pyrrole nitrogens is 1. The van der Waals surface area contributed by atoms with Crippen LogP contribution >= 0.6 is 0 Å². The number of nitrogens with zero attached hydrogens (tertiary/aromatic N) is 4. The zero-order valence-electron chi connectivity index (χ0n) is 11.5. The number of nitrogens with one attached hydrogen (secondary N) is 2. The van der Waals surface area contributed by atoms with Crippen molar-refractivity contribution in [3.8, 4) is 5.69 Å². The largest absolute Gasteiger partial charge is 0.381 e. The smallest absolute Gasteiger partial charge is 0.123 e. The summed E-state index contributed by atoms with van der Waals surface area (Å²) in [6.45, 7) is 4.79. The van der Waals surface area contributed by atoms with E-state index in [0.717, 1.165) is 29.3 Å². The highest BCUT2D eigenvalue weighted by Crippen LogP contribution is 2.16. The van der Waals surface area contributed by atoms with Crippen LogP contribution in [0.3, 0.4) is 0 Å². The molecule has 0 unspecified atom stereocenters. The molecular weight excluding hydrogens is 252 g/mol. The lowest BCUT2D eigenvalue weighted by Crippen LogP contribution is -2.02. The van der Waals surface area contributed by atoms with Crippen LogP contribution in [0.5, 0.6) is 0 Å². The molecule has 3 rings (SSSR count). The number of hydrogen-bond acceptors (Lipinski definition) is 4. The summed E-state index contributed by atoms with van der Waals surface area (Å²) in [5.74, 6) is 0. The lowest BCUT2D eigenvalue weighted by molar-refractivity contribution is 1.02. The molecule has 0 saturated heterocycles. The fraction of sp³-hybridized carbons (Fsp3) is 0.214. The normalized spacial score (nSPS) is 10.7. The van der Waals surface area contributed by atoms with E-state index in [1.54, 1.807) is 12.7 Å². The quantitative estimate of drug-likeness (QED) is 0.761. The molecule has 6 nitrogen and oxygen atoms in total. The molecule has 0 atom stereocenters. The molecule has 1 aromatic carbocycles. The lowest BCUT2D eigenvalue weighted by Gasteiger charge is -2.09. The minimum Gasteiger partial charge on any atom is -0.381 e. The molecule has 20 heavy (non-hydrogen) atoms. The second kappa shape index (κ2) is 5.16. The number of benzene rings is 1. The average molecular weight is 268 g/mol. The Balaban J connectivity index is 1.77. The maximum atomic E-state index is 4.20. The van der Waals surface area contributed by atoms with Crippen molar-refractivity contribution >= 4 is 5.69 Å². The molecule has 6 heteroatoms. The van der Waals surface area contributed by atoms with Gasteiger partial charge in [0.25, 0.3) is 0 Å². The first-order valence-corrected chi connectivity index (χ1v) is 6.43. The summed E-state index contributed by atoms with van der Waals surface area (Å²) < 4.78 is 1.87. The van der Waals surface area contributed by atoms with E-state index in [-0.39, 0.29) is 0 Å². The van der Waals surface area contributed by atoms with E-state index in [1.807, 2.05) is 36.6 Å². The third-order valence-corrected chi connectivity index (χ3v) is 3.31. The van der Waals surface area contributed by atoms with E-state index in [4.69, 9.17) is 0 Å². The fourth-order valence-corrected chi connectivity index (χ4v) is 2.14. The SMILES string of the molecule is Cc1n[nH]c(C)c1CNc1cccc(-n2cnnc2)c1. The maximum Gasteiger partial charge on any atom is 0.123 e. The van der Waals surface area contributed by atoms with Crippen molar-refractivity contribution in [3.63, 3.8) is 0 Å². The molecule has 102 valence electrons. The van der Waals surface area contributed by atoms with Crippen LogP contribution in [0.1, 0.15) is 17.0 Å².